The molecule has 1 aliphatic rings. The van der Waals surface area contributed by atoms with Gasteiger partial charge in [0.2, 0.25) is 0 Å². The molecule has 0 unspecified atom stereocenters. The Hall–Kier alpha value is -0.460. The number of hydrogen-bond donors (Lipinski definition) is 0. The maximum absolute atomic E-state index is 2.33. The maximum Gasteiger partial charge on any atom is 0.0337 e. The molecule has 1 heterocycles. The van der Waals surface area contributed by atoms with Crippen molar-refractivity contribution in [2.24, 2.45) is 0 Å². The summed E-state index contributed by atoms with van der Waals surface area (Å²) < 4.78 is 0. The Morgan fingerprint density at radius 1 is 1.27 bits per heavy atom. The smallest absolute Gasteiger partial charge is 0.0337 e. The van der Waals surface area contributed by atoms with Crippen LogP contribution in [0.15, 0.2) is 12.3 Å². The minimum Gasteiger partial charge on any atom is -0.376 e. The summed E-state index contributed by atoms with van der Waals surface area (Å²) in [6.45, 7) is 4.62. The van der Waals surface area contributed by atoms with Crippen LogP contribution in [0.5, 0.6) is 0 Å². The lowest BCUT2D eigenvalue weighted by atomic mass is 9.94. The molecule has 0 aromatic heterocycles. The minimum absolute atomic E-state index is 0.358. The maximum atomic E-state index is 2.33. The summed E-state index contributed by atoms with van der Waals surface area (Å²) in [6, 6.07) is 0. The van der Waals surface area contributed by atoms with Crippen molar-refractivity contribution in [3.8, 4) is 0 Å². The molecule has 0 fully saturated rings. The van der Waals surface area contributed by atoms with Crippen molar-refractivity contribution in [3.63, 3.8) is 0 Å². The molecule has 1 aliphatic heterocycles. The molecule has 0 saturated carbocycles. The Morgan fingerprint density at radius 3 is 2.73 bits per heavy atom. The van der Waals surface area contributed by atoms with Crippen LogP contribution in [0.2, 0.25) is 0 Å². The predicted octanol–water partition coefficient (Wildman–Crippen LogP) is 2.78. The first-order chi connectivity index (χ1) is 5.13. The summed E-state index contributed by atoms with van der Waals surface area (Å²) in [5.41, 5.74) is 0.358. The van der Waals surface area contributed by atoms with Crippen LogP contribution < -0.4 is 0 Å². The SMILES string of the molecule is CN1/C=C\CCCCC1(C)C. The molecular weight excluding hydrogens is 134 g/mol. The molecule has 1 rings (SSSR count). The molecule has 0 atom stereocenters. The third kappa shape index (κ3) is 2.25. The Balaban J connectivity index is 2.63. The second kappa shape index (κ2) is 3.29. The van der Waals surface area contributed by atoms with E-state index in [0.29, 0.717) is 5.54 Å². The third-order valence-electron chi connectivity index (χ3n) is 2.69. The van der Waals surface area contributed by atoms with Crippen LogP contribution in [0.1, 0.15) is 39.5 Å². The van der Waals surface area contributed by atoms with Crippen molar-refractivity contribution in [2.75, 3.05) is 7.05 Å². The molecule has 0 bridgehead atoms. The molecule has 0 spiro atoms. The molecule has 0 aromatic rings. The van der Waals surface area contributed by atoms with Gasteiger partial charge in [-0.3, -0.25) is 0 Å². The fourth-order valence-electron chi connectivity index (χ4n) is 1.43. The van der Waals surface area contributed by atoms with Crippen LogP contribution in [-0.2, 0) is 0 Å². The van der Waals surface area contributed by atoms with E-state index >= 15 is 0 Å². The van der Waals surface area contributed by atoms with Crippen LogP contribution in [0.4, 0.5) is 0 Å². The van der Waals surface area contributed by atoms with Crippen LogP contribution in [0.25, 0.3) is 0 Å². The molecule has 11 heavy (non-hydrogen) atoms. The second-order valence-electron chi connectivity index (χ2n) is 4.05. The highest BCUT2D eigenvalue weighted by Gasteiger charge is 2.20. The van der Waals surface area contributed by atoms with Crippen molar-refractivity contribution >= 4 is 0 Å². The van der Waals surface area contributed by atoms with Crippen molar-refractivity contribution in [1.82, 2.24) is 4.90 Å². The van der Waals surface area contributed by atoms with E-state index in [9.17, 15) is 0 Å². The Bertz CT molecular complexity index is 147. The molecular formula is C10H19N. The van der Waals surface area contributed by atoms with Crippen molar-refractivity contribution in [2.45, 2.75) is 45.1 Å². The molecule has 0 aromatic carbocycles. The zero-order valence-electron chi connectivity index (χ0n) is 7.93. The van der Waals surface area contributed by atoms with Gasteiger partial charge in [-0.15, -0.1) is 0 Å². The lowest BCUT2D eigenvalue weighted by Gasteiger charge is -2.36. The van der Waals surface area contributed by atoms with E-state index in [-0.39, 0.29) is 0 Å². The standard InChI is InChI=1S/C10H19N/c1-10(2)8-6-4-5-7-9-11(10)3/h7,9H,4-6,8H2,1-3H3/b9-7-. The van der Waals surface area contributed by atoms with Gasteiger partial charge in [0, 0.05) is 12.6 Å². The molecule has 0 amide bonds. The van der Waals surface area contributed by atoms with Crippen molar-refractivity contribution in [3.05, 3.63) is 12.3 Å². The fraction of sp³-hybridized carbons (Fsp3) is 0.800. The van der Waals surface area contributed by atoms with Gasteiger partial charge in [0.1, 0.15) is 0 Å². The molecule has 0 N–H and O–H groups in total. The van der Waals surface area contributed by atoms with Gasteiger partial charge < -0.3 is 4.90 Å². The number of nitrogens with zero attached hydrogens (tertiary/aromatic N) is 1. The van der Waals surface area contributed by atoms with Crippen LogP contribution in [-0.4, -0.2) is 17.5 Å². The largest absolute Gasteiger partial charge is 0.376 e. The monoisotopic (exact) mass is 153 g/mol. The zero-order chi connectivity index (χ0) is 8.32. The van der Waals surface area contributed by atoms with Crippen LogP contribution in [0, 0.1) is 0 Å². The summed E-state index contributed by atoms with van der Waals surface area (Å²) in [5.74, 6) is 0. The average Bonchev–Trinajstić information content (AvgIpc) is 1.93. The molecule has 0 saturated heterocycles. The van der Waals surface area contributed by atoms with Gasteiger partial charge in [0.25, 0.3) is 0 Å². The molecule has 0 radical (unpaired) electrons. The van der Waals surface area contributed by atoms with Gasteiger partial charge in [0.15, 0.2) is 0 Å². The average molecular weight is 153 g/mol. The van der Waals surface area contributed by atoms with E-state index in [1.54, 1.807) is 0 Å². The summed E-state index contributed by atoms with van der Waals surface area (Å²) in [6.07, 6.45) is 9.78. The Labute approximate surface area is 70.1 Å². The molecule has 0 aliphatic carbocycles. The van der Waals surface area contributed by atoms with Gasteiger partial charge in [0.05, 0.1) is 0 Å². The highest BCUT2D eigenvalue weighted by molar-refractivity contribution is 4.92. The normalized spacial score (nSPS) is 27.4. The predicted molar refractivity (Wildman–Crippen MR) is 49.5 cm³/mol. The van der Waals surface area contributed by atoms with Gasteiger partial charge >= 0.3 is 0 Å². The lowest BCUT2D eigenvalue weighted by molar-refractivity contribution is 0.199. The van der Waals surface area contributed by atoms with E-state index in [1.807, 2.05) is 0 Å². The fourth-order valence-corrected chi connectivity index (χ4v) is 1.43. The highest BCUT2D eigenvalue weighted by Crippen LogP contribution is 2.22. The molecule has 1 nitrogen and oxygen atoms in total. The first-order valence-electron chi connectivity index (χ1n) is 4.52. The summed E-state index contributed by atoms with van der Waals surface area (Å²) in [7, 11) is 2.17. The minimum atomic E-state index is 0.358. The van der Waals surface area contributed by atoms with Gasteiger partial charge in [-0.05, 0) is 39.3 Å². The number of allylic oxidation sites excluding steroid dienone is 1. The van der Waals surface area contributed by atoms with Crippen LogP contribution in [0.3, 0.4) is 0 Å². The quantitative estimate of drug-likeness (QED) is 0.517. The van der Waals surface area contributed by atoms with Crippen LogP contribution >= 0.6 is 0 Å². The summed E-state index contributed by atoms with van der Waals surface area (Å²) in [5, 5.41) is 0. The summed E-state index contributed by atoms with van der Waals surface area (Å²) >= 11 is 0. The van der Waals surface area contributed by atoms with Gasteiger partial charge in [-0.1, -0.05) is 12.5 Å². The van der Waals surface area contributed by atoms with E-state index in [0.717, 1.165) is 0 Å². The lowest BCUT2D eigenvalue weighted by Crippen LogP contribution is -2.37. The second-order valence-corrected chi connectivity index (χ2v) is 4.05. The van der Waals surface area contributed by atoms with E-state index in [1.165, 1.54) is 25.7 Å². The van der Waals surface area contributed by atoms with E-state index in [4.69, 9.17) is 0 Å². The number of hydrogen-bond acceptors (Lipinski definition) is 1. The van der Waals surface area contributed by atoms with Gasteiger partial charge in [-0.25, -0.2) is 0 Å². The van der Waals surface area contributed by atoms with Crippen molar-refractivity contribution in [1.29, 1.82) is 0 Å². The summed E-state index contributed by atoms with van der Waals surface area (Å²) in [4.78, 5) is 2.33. The molecule has 64 valence electrons. The van der Waals surface area contributed by atoms with Crippen molar-refractivity contribution < 1.29 is 0 Å². The van der Waals surface area contributed by atoms with E-state index < -0.39 is 0 Å². The first-order valence-corrected chi connectivity index (χ1v) is 4.52. The van der Waals surface area contributed by atoms with Gasteiger partial charge in [-0.2, -0.15) is 0 Å². The topological polar surface area (TPSA) is 3.24 Å². The van der Waals surface area contributed by atoms with E-state index in [2.05, 4.69) is 38.1 Å². The zero-order valence-corrected chi connectivity index (χ0v) is 7.93. The Morgan fingerprint density at radius 2 is 2.00 bits per heavy atom. The highest BCUT2D eigenvalue weighted by atomic mass is 15.1. The third-order valence-corrected chi connectivity index (χ3v) is 2.69. The number of rotatable bonds is 0. The Kier molecular flexibility index (Phi) is 2.58. The molecule has 1 heteroatoms. The first kappa shape index (κ1) is 8.63.